The zero-order valence-corrected chi connectivity index (χ0v) is 12.4. The van der Waals surface area contributed by atoms with Gasteiger partial charge in [-0.1, -0.05) is 29.6 Å². The van der Waals surface area contributed by atoms with Crippen LogP contribution in [0.15, 0.2) is 12.1 Å². The Morgan fingerprint density at radius 3 is 2.62 bits per heavy atom. The molecule has 0 bridgehead atoms. The van der Waals surface area contributed by atoms with E-state index in [2.05, 4.69) is 10.3 Å². The summed E-state index contributed by atoms with van der Waals surface area (Å²) in [5.74, 6) is -1.90. The molecular formula is C13H13Cl2F3N2O. The highest BCUT2D eigenvalue weighted by molar-refractivity contribution is 6.34. The number of pyridine rings is 1. The summed E-state index contributed by atoms with van der Waals surface area (Å²) in [5.41, 5.74) is 0.107. The molecule has 1 aromatic heterocycles. The summed E-state index contributed by atoms with van der Waals surface area (Å²) in [7, 11) is 0. The number of rotatable bonds is 2. The molecule has 0 saturated heterocycles. The summed E-state index contributed by atoms with van der Waals surface area (Å²) < 4.78 is 38.2. The molecule has 2 rings (SSSR count). The second kappa shape index (κ2) is 6.40. The van der Waals surface area contributed by atoms with E-state index in [0.717, 1.165) is 0 Å². The molecule has 1 heterocycles. The molecule has 116 valence electrons. The molecule has 1 amide bonds. The molecule has 0 aromatic carbocycles. The predicted molar refractivity (Wildman–Crippen MR) is 73.5 cm³/mol. The molecule has 0 aliphatic heterocycles. The van der Waals surface area contributed by atoms with Gasteiger partial charge in [0.25, 0.3) is 5.91 Å². The fourth-order valence-corrected chi connectivity index (χ4v) is 2.89. The van der Waals surface area contributed by atoms with E-state index in [0.29, 0.717) is 12.8 Å². The number of alkyl halides is 3. The normalized spacial score (nSPS) is 22.9. The average Bonchev–Trinajstić information content (AvgIpc) is 2.37. The second-order valence-corrected chi connectivity index (χ2v) is 5.79. The Morgan fingerprint density at radius 1 is 1.29 bits per heavy atom. The Bertz CT molecular complexity index is 537. The van der Waals surface area contributed by atoms with Crippen LogP contribution in [0.2, 0.25) is 10.3 Å². The number of hydrogen-bond acceptors (Lipinski definition) is 2. The summed E-state index contributed by atoms with van der Waals surface area (Å²) >= 11 is 11.4. The molecule has 1 saturated carbocycles. The van der Waals surface area contributed by atoms with Gasteiger partial charge in [-0.3, -0.25) is 4.79 Å². The average molecular weight is 341 g/mol. The molecule has 0 spiro atoms. The first-order valence-corrected chi connectivity index (χ1v) is 7.22. The van der Waals surface area contributed by atoms with Gasteiger partial charge in [-0.05, 0) is 31.4 Å². The van der Waals surface area contributed by atoms with Gasteiger partial charge < -0.3 is 5.32 Å². The van der Waals surface area contributed by atoms with Gasteiger partial charge in [0, 0.05) is 6.04 Å². The first kappa shape index (κ1) is 16.4. The van der Waals surface area contributed by atoms with E-state index < -0.39 is 24.0 Å². The molecule has 21 heavy (non-hydrogen) atoms. The van der Waals surface area contributed by atoms with Gasteiger partial charge in [0.1, 0.15) is 10.3 Å². The number of carbonyl (C=O) groups is 1. The lowest BCUT2D eigenvalue weighted by Crippen LogP contribution is -2.41. The second-order valence-electron chi connectivity index (χ2n) is 5.05. The topological polar surface area (TPSA) is 42.0 Å². The number of halogens is 5. The van der Waals surface area contributed by atoms with E-state index in [1.165, 1.54) is 12.1 Å². The quantitative estimate of drug-likeness (QED) is 0.818. The number of nitrogens with one attached hydrogen (secondary N) is 1. The Balaban J connectivity index is 2.02. The molecule has 1 N–H and O–H groups in total. The molecule has 1 fully saturated rings. The van der Waals surface area contributed by atoms with Crippen LogP contribution in [-0.2, 0) is 0 Å². The third-order valence-corrected chi connectivity index (χ3v) is 4.03. The van der Waals surface area contributed by atoms with Crippen molar-refractivity contribution >= 4 is 29.1 Å². The van der Waals surface area contributed by atoms with Crippen LogP contribution in [0, 0.1) is 5.92 Å². The monoisotopic (exact) mass is 340 g/mol. The van der Waals surface area contributed by atoms with Crippen molar-refractivity contribution in [2.24, 2.45) is 5.92 Å². The Hall–Kier alpha value is -1.01. The lowest BCUT2D eigenvalue weighted by atomic mass is 9.85. The maximum Gasteiger partial charge on any atom is 0.391 e. The highest BCUT2D eigenvalue weighted by atomic mass is 35.5. The van der Waals surface area contributed by atoms with Crippen molar-refractivity contribution in [1.82, 2.24) is 10.3 Å². The van der Waals surface area contributed by atoms with Crippen LogP contribution in [-0.4, -0.2) is 23.1 Å². The summed E-state index contributed by atoms with van der Waals surface area (Å²) in [6.07, 6.45) is -3.26. The highest BCUT2D eigenvalue weighted by Gasteiger charge is 2.42. The van der Waals surface area contributed by atoms with Gasteiger partial charge in [-0.25, -0.2) is 4.98 Å². The minimum atomic E-state index is -4.22. The maximum atomic E-state index is 12.7. The summed E-state index contributed by atoms with van der Waals surface area (Å²) in [6, 6.07) is 2.29. The van der Waals surface area contributed by atoms with Crippen LogP contribution in [0.5, 0.6) is 0 Å². The number of aromatic nitrogens is 1. The standard InChI is InChI=1S/C13H13Cl2F3N2O/c14-10-5-4-9(11(15)20-10)12(21)19-8-3-1-2-7(6-8)13(16,17)18/h4-5,7-8H,1-3,6H2,(H,19,21). The smallest absolute Gasteiger partial charge is 0.349 e. The maximum absolute atomic E-state index is 12.7. The van der Waals surface area contributed by atoms with E-state index in [1.807, 2.05) is 0 Å². The van der Waals surface area contributed by atoms with E-state index >= 15 is 0 Å². The SMILES string of the molecule is O=C(NC1CCCC(C(F)(F)F)C1)c1ccc(Cl)nc1Cl. The number of carbonyl (C=O) groups excluding carboxylic acids is 1. The van der Waals surface area contributed by atoms with Crippen LogP contribution in [0.4, 0.5) is 13.2 Å². The molecule has 2 atom stereocenters. The van der Waals surface area contributed by atoms with Gasteiger partial charge in [0.05, 0.1) is 11.5 Å². The summed E-state index contributed by atoms with van der Waals surface area (Å²) in [5, 5.41) is 2.67. The van der Waals surface area contributed by atoms with Crippen molar-refractivity contribution < 1.29 is 18.0 Å². The highest BCUT2D eigenvalue weighted by Crippen LogP contribution is 2.37. The van der Waals surface area contributed by atoms with Gasteiger partial charge in [0.15, 0.2) is 0 Å². The molecule has 2 unspecified atom stereocenters. The number of nitrogens with zero attached hydrogens (tertiary/aromatic N) is 1. The van der Waals surface area contributed by atoms with Crippen LogP contribution in [0.1, 0.15) is 36.0 Å². The Kier molecular flexibility index (Phi) is 4.99. The zero-order chi connectivity index (χ0) is 15.6. The molecule has 1 aromatic rings. The predicted octanol–water partition coefficient (Wildman–Crippen LogP) is 4.24. The zero-order valence-electron chi connectivity index (χ0n) is 10.9. The van der Waals surface area contributed by atoms with Crippen molar-refractivity contribution in [2.45, 2.75) is 37.9 Å². The lowest BCUT2D eigenvalue weighted by molar-refractivity contribution is -0.183. The van der Waals surface area contributed by atoms with Crippen molar-refractivity contribution in [2.75, 3.05) is 0 Å². The number of amides is 1. The van der Waals surface area contributed by atoms with Gasteiger partial charge in [0.2, 0.25) is 0 Å². The van der Waals surface area contributed by atoms with Crippen molar-refractivity contribution in [3.05, 3.63) is 28.0 Å². The van der Waals surface area contributed by atoms with E-state index in [1.54, 1.807) is 0 Å². The van der Waals surface area contributed by atoms with Crippen LogP contribution in [0.3, 0.4) is 0 Å². The van der Waals surface area contributed by atoms with Crippen molar-refractivity contribution in [3.8, 4) is 0 Å². The van der Waals surface area contributed by atoms with Crippen LogP contribution < -0.4 is 5.32 Å². The van der Waals surface area contributed by atoms with Crippen molar-refractivity contribution in [3.63, 3.8) is 0 Å². The van der Waals surface area contributed by atoms with E-state index in [9.17, 15) is 18.0 Å². The van der Waals surface area contributed by atoms with E-state index in [-0.39, 0.29) is 28.7 Å². The minimum absolute atomic E-state index is 0.0665. The fraction of sp³-hybridized carbons (Fsp3) is 0.538. The molecule has 8 heteroatoms. The molecule has 1 aliphatic carbocycles. The summed E-state index contributed by atoms with van der Waals surface area (Å²) in [4.78, 5) is 15.8. The molecule has 0 radical (unpaired) electrons. The third kappa shape index (κ3) is 4.23. The van der Waals surface area contributed by atoms with E-state index in [4.69, 9.17) is 23.2 Å². The lowest BCUT2D eigenvalue weighted by Gasteiger charge is -2.31. The Labute approximate surface area is 129 Å². The fourth-order valence-electron chi connectivity index (χ4n) is 2.46. The van der Waals surface area contributed by atoms with Crippen molar-refractivity contribution in [1.29, 1.82) is 0 Å². The van der Waals surface area contributed by atoms with Gasteiger partial charge in [-0.2, -0.15) is 13.2 Å². The van der Waals surface area contributed by atoms with Gasteiger partial charge >= 0.3 is 6.18 Å². The molecule has 3 nitrogen and oxygen atoms in total. The first-order valence-electron chi connectivity index (χ1n) is 6.47. The van der Waals surface area contributed by atoms with Gasteiger partial charge in [-0.15, -0.1) is 0 Å². The van der Waals surface area contributed by atoms with Crippen LogP contribution in [0.25, 0.3) is 0 Å². The minimum Gasteiger partial charge on any atom is -0.349 e. The van der Waals surface area contributed by atoms with Crippen LogP contribution >= 0.6 is 23.2 Å². The summed E-state index contributed by atoms with van der Waals surface area (Å²) in [6.45, 7) is 0. The molecular weight excluding hydrogens is 328 g/mol. The third-order valence-electron chi connectivity index (χ3n) is 3.53. The largest absolute Gasteiger partial charge is 0.391 e. The number of hydrogen-bond donors (Lipinski definition) is 1. The first-order chi connectivity index (χ1) is 9.77. The molecule has 1 aliphatic rings. The Morgan fingerprint density at radius 2 is 2.00 bits per heavy atom.